The minimum Gasteiger partial charge on any atom is -0.390 e. The summed E-state index contributed by atoms with van der Waals surface area (Å²) in [5, 5.41) is 16.1. The predicted octanol–water partition coefficient (Wildman–Crippen LogP) is 2.61. The van der Waals surface area contributed by atoms with Gasteiger partial charge in [0.05, 0.1) is 6.10 Å². The Morgan fingerprint density at radius 3 is 2.39 bits per heavy atom. The van der Waals surface area contributed by atoms with Crippen LogP contribution in [0.5, 0.6) is 0 Å². The van der Waals surface area contributed by atoms with E-state index in [4.69, 9.17) is 0 Å². The number of rotatable bonds is 6. The van der Waals surface area contributed by atoms with Gasteiger partial charge in [0, 0.05) is 24.8 Å². The van der Waals surface area contributed by atoms with E-state index in [0.29, 0.717) is 19.1 Å². The van der Waals surface area contributed by atoms with Crippen molar-refractivity contribution in [3.05, 3.63) is 29.8 Å². The topological polar surface area (TPSA) is 44.3 Å². The fourth-order valence-corrected chi connectivity index (χ4v) is 1.43. The molecule has 0 aliphatic heterocycles. The number of hydrogen-bond donors (Lipinski definition) is 3. The highest BCUT2D eigenvalue weighted by Gasteiger charge is 2.04. The van der Waals surface area contributed by atoms with Crippen molar-refractivity contribution in [2.45, 2.75) is 32.9 Å². The minimum absolute atomic E-state index is 0. The number of nitrogens with one attached hydrogen (secondary N) is 2. The summed E-state index contributed by atoms with van der Waals surface area (Å²) in [4.78, 5) is 0. The molecule has 1 atom stereocenters. The maximum Gasteiger partial charge on any atom is 0.0836 e. The van der Waals surface area contributed by atoms with Gasteiger partial charge in [0.25, 0.3) is 0 Å². The predicted molar refractivity (Wildman–Crippen MR) is 83.3 cm³/mol. The fraction of sp³-hybridized carbons (Fsp3) is 0.538. The molecule has 0 bridgehead atoms. The summed E-state index contributed by atoms with van der Waals surface area (Å²) in [6.45, 7) is 7.39. The summed E-state index contributed by atoms with van der Waals surface area (Å²) in [6.07, 6.45) is -0.358. The maximum atomic E-state index is 9.70. The molecule has 0 saturated heterocycles. The van der Waals surface area contributed by atoms with Crippen molar-refractivity contribution in [3.63, 3.8) is 0 Å². The Morgan fingerprint density at radius 1 is 1.17 bits per heavy atom. The average molecular weight is 295 g/mol. The van der Waals surface area contributed by atoms with E-state index in [1.807, 2.05) is 12.1 Å². The van der Waals surface area contributed by atoms with Crippen molar-refractivity contribution >= 4 is 30.5 Å². The van der Waals surface area contributed by atoms with Crippen LogP contribution in [0.1, 0.15) is 19.4 Å². The molecular weight excluding hydrogens is 271 g/mol. The van der Waals surface area contributed by atoms with Crippen molar-refractivity contribution in [1.82, 2.24) is 5.32 Å². The molecule has 1 aromatic rings. The lowest BCUT2D eigenvalue weighted by Crippen LogP contribution is -2.35. The van der Waals surface area contributed by atoms with Gasteiger partial charge in [-0.05, 0) is 24.6 Å². The number of aliphatic hydroxyl groups excluding tert-OH is 1. The van der Waals surface area contributed by atoms with Crippen LogP contribution in [-0.2, 0) is 0 Å². The van der Waals surface area contributed by atoms with Gasteiger partial charge in [-0.3, -0.25) is 0 Å². The van der Waals surface area contributed by atoms with Crippen LogP contribution in [0.4, 0.5) is 5.69 Å². The number of aryl methyl sites for hydroxylation is 1. The number of aliphatic hydroxyl groups is 1. The van der Waals surface area contributed by atoms with E-state index in [9.17, 15) is 5.11 Å². The van der Waals surface area contributed by atoms with E-state index >= 15 is 0 Å². The van der Waals surface area contributed by atoms with Crippen molar-refractivity contribution in [3.8, 4) is 0 Å². The van der Waals surface area contributed by atoms with Gasteiger partial charge >= 0.3 is 0 Å². The number of halogens is 2. The fourth-order valence-electron chi connectivity index (χ4n) is 1.43. The number of anilines is 1. The molecule has 3 nitrogen and oxygen atoms in total. The van der Waals surface area contributed by atoms with E-state index in [2.05, 4.69) is 43.5 Å². The van der Waals surface area contributed by atoms with E-state index in [1.165, 1.54) is 5.56 Å². The molecule has 0 amide bonds. The van der Waals surface area contributed by atoms with E-state index in [-0.39, 0.29) is 30.9 Å². The molecule has 106 valence electrons. The summed E-state index contributed by atoms with van der Waals surface area (Å²) in [5.41, 5.74) is 2.28. The Morgan fingerprint density at radius 2 is 1.83 bits per heavy atom. The smallest absolute Gasteiger partial charge is 0.0836 e. The van der Waals surface area contributed by atoms with E-state index in [0.717, 1.165) is 5.69 Å². The molecule has 1 rings (SSSR count). The Bertz CT molecular complexity index is 322. The molecule has 0 heterocycles. The maximum absolute atomic E-state index is 9.70. The highest BCUT2D eigenvalue weighted by molar-refractivity contribution is 5.85. The highest BCUT2D eigenvalue weighted by atomic mass is 35.5. The normalized spacial score (nSPS) is 11.4. The first-order valence-corrected chi connectivity index (χ1v) is 5.80. The largest absolute Gasteiger partial charge is 0.390 e. The SMILES string of the molecule is Cc1cccc(NCC(O)CNC(C)C)c1.Cl.Cl. The minimum atomic E-state index is -0.358. The molecule has 0 aliphatic carbocycles. The van der Waals surface area contributed by atoms with Gasteiger partial charge in [-0.1, -0.05) is 26.0 Å². The van der Waals surface area contributed by atoms with Gasteiger partial charge in [0.2, 0.25) is 0 Å². The summed E-state index contributed by atoms with van der Waals surface area (Å²) < 4.78 is 0. The quantitative estimate of drug-likeness (QED) is 0.756. The van der Waals surface area contributed by atoms with Gasteiger partial charge in [0.15, 0.2) is 0 Å². The van der Waals surface area contributed by atoms with Gasteiger partial charge in [-0.25, -0.2) is 0 Å². The second-order valence-corrected chi connectivity index (χ2v) is 4.47. The summed E-state index contributed by atoms with van der Waals surface area (Å²) in [7, 11) is 0. The van der Waals surface area contributed by atoms with Gasteiger partial charge in [-0.2, -0.15) is 0 Å². The molecule has 3 N–H and O–H groups in total. The van der Waals surface area contributed by atoms with Crippen LogP contribution in [0.2, 0.25) is 0 Å². The third kappa shape index (κ3) is 8.59. The van der Waals surface area contributed by atoms with Gasteiger partial charge in [-0.15, -0.1) is 24.8 Å². The van der Waals surface area contributed by atoms with Crippen molar-refractivity contribution in [2.75, 3.05) is 18.4 Å². The van der Waals surface area contributed by atoms with Gasteiger partial charge < -0.3 is 15.7 Å². The molecule has 18 heavy (non-hydrogen) atoms. The van der Waals surface area contributed by atoms with Gasteiger partial charge in [0.1, 0.15) is 0 Å². The van der Waals surface area contributed by atoms with Crippen LogP contribution in [0, 0.1) is 6.92 Å². The molecule has 1 aromatic carbocycles. The van der Waals surface area contributed by atoms with Crippen LogP contribution in [-0.4, -0.2) is 30.3 Å². The molecular formula is C13H24Cl2N2O. The number of hydrogen-bond acceptors (Lipinski definition) is 3. The van der Waals surface area contributed by atoms with Crippen LogP contribution >= 0.6 is 24.8 Å². The Hall–Kier alpha value is -0.480. The van der Waals surface area contributed by atoms with Crippen molar-refractivity contribution < 1.29 is 5.11 Å². The molecule has 1 unspecified atom stereocenters. The summed E-state index contributed by atoms with van der Waals surface area (Å²) in [6, 6.07) is 8.56. The first-order valence-electron chi connectivity index (χ1n) is 5.80. The zero-order valence-electron chi connectivity index (χ0n) is 11.1. The zero-order chi connectivity index (χ0) is 12.0. The summed E-state index contributed by atoms with van der Waals surface area (Å²) >= 11 is 0. The standard InChI is InChI=1S/C13H22N2O.2ClH/c1-10(2)14-8-13(16)9-15-12-6-4-5-11(3)7-12;;/h4-7,10,13-16H,8-9H2,1-3H3;2*1H. The van der Waals surface area contributed by atoms with E-state index < -0.39 is 0 Å². The lowest BCUT2D eigenvalue weighted by molar-refractivity contribution is 0.181. The first-order chi connectivity index (χ1) is 7.58. The average Bonchev–Trinajstić information content (AvgIpc) is 2.23. The highest BCUT2D eigenvalue weighted by Crippen LogP contribution is 2.09. The second-order valence-electron chi connectivity index (χ2n) is 4.47. The Labute approximate surface area is 122 Å². The van der Waals surface area contributed by atoms with Crippen LogP contribution in [0.25, 0.3) is 0 Å². The second kappa shape index (κ2) is 10.4. The molecule has 5 heteroatoms. The lowest BCUT2D eigenvalue weighted by Gasteiger charge is -2.15. The molecule has 0 radical (unpaired) electrons. The van der Waals surface area contributed by atoms with Crippen LogP contribution < -0.4 is 10.6 Å². The summed E-state index contributed by atoms with van der Waals surface area (Å²) in [5.74, 6) is 0. The third-order valence-electron chi connectivity index (χ3n) is 2.32. The first kappa shape index (κ1) is 19.9. The monoisotopic (exact) mass is 294 g/mol. The molecule has 0 aromatic heterocycles. The van der Waals surface area contributed by atoms with Crippen molar-refractivity contribution in [1.29, 1.82) is 0 Å². The molecule has 0 spiro atoms. The molecule has 0 fully saturated rings. The zero-order valence-corrected chi connectivity index (χ0v) is 12.8. The van der Waals surface area contributed by atoms with Crippen molar-refractivity contribution in [2.24, 2.45) is 0 Å². The van der Waals surface area contributed by atoms with E-state index in [1.54, 1.807) is 0 Å². The Kier molecular flexibility index (Phi) is 11.5. The molecule has 0 aliphatic rings. The van der Waals surface area contributed by atoms with Crippen LogP contribution in [0.3, 0.4) is 0 Å². The Balaban J connectivity index is 0. The molecule has 0 saturated carbocycles. The van der Waals surface area contributed by atoms with Crippen LogP contribution in [0.15, 0.2) is 24.3 Å². The lowest BCUT2D eigenvalue weighted by atomic mass is 10.2. The third-order valence-corrected chi connectivity index (χ3v) is 2.32. The number of benzene rings is 1.